The van der Waals surface area contributed by atoms with Crippen LogP contribution in [0.5, 0.6) is 0 Å². The second-order valence-electron chi connectivity index (χ2n) is 6.11. The Balaban J connectivity index is 1.83. The predicted molar refractivity (Wildman–Crippen MR) is 110 cm³/mol. The zero-order valence-corrected chi connectivity index (χ0v) is 16.3. The van der Waals surface area contributed by atoms with Gasteiger partial charge in [0.1, 0.15) is 4.90 Å². The lowest BCUT2D eigenvalue weighted by molar-refractivity contribution is -0.385. The predicted octanol–water partition coefficient (Wildman–Crippen LogP) is 2.73. The molecule has 0 aliphatic carbocycles. The number of non-ortho nitro benzene ring substituents is 1. The number of nitrogens with one attached hydrogen (secondary N) is 1. The van der Waals surface area contributed by atoms with Crippen LogP contribution < -0.4 is 5.43 Å². The number of hydrogen-bond acceptors (Lipinski definition) is 7. The van der Waals surface area contributed by atoms with Gasteiger partial charge < -0.3 is 4.74 Å². The van der Waals surface area contributed by atoms with Gasteiger partial charge in [0.05, 0.1) is 23.8 Å². The van der Waals surface area contributed by atoms with Crippen LogP contribution in [0.4, 0.5) is 11.4 Å². The number of allylic oxidation sites excluding steroid dienone is 1. The van der Waals surface area contributed by atoms with Crippen molar-refractivity contribution in [2.45, 2.75) is 4.90 Å². The normalized spacial score (nSPS) is 15.7. The summed E-state index contributed by atoms with van der Waals surface area (Å²) in [5.41, 5.74) is 3.51. The molecule has 152 valence electrons. The van der Waals surface area contributed by atoms with E-state index in [0.29, 0.717) is 0 Å². The molecule has 9 nitrogen and oxygen atoms in total. The van der Waals surface area contributed by atoms with Crippen LogP contribution in [-0.2, 0) is 14.8 Å². The summed E-state index contributed by atoms with van der Waals surface area (Å²) >= 11 is 0. The average Bonchev–Trinajstić information content (AvgIpc) is 2.75. The third kappa shape index (κ3) is 5.25. The third-order valence-electron chi connectivity index (χ3n) is 4.20. The minimum atomic E-state index is -3.94. The molecule has 1 aliphatic rings. The van der Waals surface area contributed by atoms with Gasteiger partial charge in [0.15, 0.2) is 0 Å². The maximum atomic E-state index is 13.0. The van der Waals surface area contributed by atoms with Gasteiger partial charge in [0.25, 0.3) is 5.69 Å². The van der Waals surface area contributed by atoms with E-state index in [1.54, 1.807) is 6.08 Å². The van der Waals surface area contributed by atoms with Crippen LogP contribution >= 0.6 is 0 Å². The molecule has 1 saturated heterocycles. The number of hydrogen-bond donors (Lipinski definition) is 1. The van der Waals surface area contributed by atoms with Gasteiger partial charge in [-0.25, -0.2) is 8.42 Å². The van der Waals surface area contributed by atoms with Crippen molar-refractivity contribution in [1.29, 1.82) is 0 Å². The lowest BCUT2D eigenvalue weighted by Crippen LogP contribution is -2.40. The molecule has 1 fully saturated rings. The molecule has 0 aromatic heterocycles. The standard InChI is InChI=1S/C19H20N4O5S/c24-23(25)17-8-9-18(21-20-10-4-7-16-5-2-1-3-6-16)19(15-17)29(26,27)22-11-13-28-14-12-22/h1-10,15,21H,11-14H2/b7-4+,20-10+. The smallest absolute Gasteiger partial charge is 0.270 e. The second kappa shape index (κ2) is 9.41. The van der Waals surface area contributed by atoms with Gasteiger partial charge >= 0.3 is 0 Å². The Morgan fingerprint density at radius 2 is 1.86 bits per heavy atom. The minimum absolute atomic E-state index is 0.159. The summed E-state index contributed by atoms with van der Waals surface area (Å²) in [5.74, 6) is 0. The SMILES string of the molecule is O=[N+]([O-])c1ccc(N/N=C/C=C/c2ccccc2)c(S(=O)(=O)N2CCOCC2)c1. The summed E-state index contributed by atoms with van der Waals surface area (Å²) in [6.07, 6.45) is 5.01. The fraction of sp³-hybridized carbons (Fsp3) is 0.211. The van der Waals surface area contributed by atoms with Crippen LogP contribution in [0.3, 0.4) is 0 Å². The minimum Gasteiger partial charge on any atom is -0.379 e. The molecule has 0 unspecified atom stereocenters. The van der Waals surface area contributed by atoms with Gasteiger partial charge in [-0.3, -0.25) is 15.5 Å². The van der Waals surface area contributed by atoms with Crippen molar-refractivity contribution in [1.82, 2.24) is 4.31 Å². The van der Waals surface area contributed by atoms with Crippen LogP contribution in [0.25, 0.3) is 6.08 Å². The number of nitrogens with zero attached hydrogens (tertiary/aromatic N) is 3. The Morgan fingerprint density at radius 1 is 1.14 bits per heavy atom. The van der Waals surface area contributed by atoms with E-state index >= 15 is 0 Å². The van der Waals surface area contributed by atoms with E-state index in [0.717, 1.165) is 11.6 Å². The molecule has 0 amide bonds. The number of anilines is 1. The van der Waals surface area contributed by atoms with Crippen molar-refractivity contribution in [2.75, 3.05) is 31.7 Å². The molecule has 1 N–H and O–H groups in total. The maximum absolute atomic E-state index is 13.0. The Hall–Kier alpha value is -3.08. The molecule has 0 atom stereocenters. The second-order valence-corrected chi connectivity index (χ2v) is 8.02. The molecule has 2 aromatic rings. The average molecular weight is 416 g/mol. The highest BCUT2D eigenvalue weighted by Gasteiger charge is 2.30. The van der Waals surface area contributed by atoms with Gasteiger partial charge in [-0.1, -0.05) is 36.4 Å². The molecule has 0 bridgehead atoms. The fourth-order valence-electron chi connectivity index (χ4n) is 2.72. The monoisotopic (exact) mass is 416 g/mol. The van der Waals surface area contributed by atoms with E-state index in [9.17, 15) is 18.5 Å². The molecule has 10 heteroatoms. The fourth-order valence-corrected chi connectivity index (χ4v) is 4.29. The van der Waals surface area contributed by atoms with E-state index in [1.807, 2.05) is 36.4 Å². The van der Waals surface area contributed by atoms with Gasteiger partial charge in [-0.05, 0) is 17.7 Å². The van der Waals surface area contributed by atoms with Crippen LogP contribution in [0.2, 0.25) is 0 Å². The lowest BCUT2D eigenvalue weighted by Gasteiger charge is -2.26. The number of rotatable bonds is 7. The first-order valence-electron chi connectivity index (χ1n) is 8.85. The molecule has 0 spiro atoms. The first-order chi connectivity index (χ1) is 14.0. The molecule has 1 aliphatic heterocycles. The largest absolute Gasteiger partial charge is 0.379 e. The highest BCUT2D eigenvalue weighted by atomic mass is 32.2. The van der Waals surface area contributed by atoms with Gasteiger partial charge in [0, 0.05) is 31.4 Å². The molecule has 3 rings (SSSR count). The Labute approximate surface area is 168 Å². The number of sulfonamides is 1. The summed E-state index contributed by atoms with van der Waals surface area (Å²) in [7, 11) is -3.94. The van der Waals surface area contributed by atoms with Crippen molar-refractivity contribution < 1.29 is 18.1 Å². The van der Waals surface area contributed by atoms with Crippen molar-refractivity contribution in [3.63, 3.8) is 0 Å². The highest BCUT2D eigenvalue weighted by molar-refractivity contribution is 7.89. The van der Waals surface area contributed by atoms with E-state index in [1.165, 1.54) is 22.7 Å². The number of morpholine rings is 1. The summed E-state index contributed by atoms with van der Waals surface area (Å²) in [6.45, 7) is 0.930. The summed E-state index contributed by atoms with van der Waals surface area (Å²) in [6, 6.07) is 13.2. The van der Waals surface area contributed by atoms with Crippen LogP contribution in [-0.4, -0.2) is 50.2 Å². The van der Waals surface area contributed by atoms with Crippen LogP contribution in [0.1, 0.15) is 5.56 Å². The Kier molecular flexibility index (Phi) is 6.70. The lowest BCUT2D eigenvalue weighted by atomic mass is 10.2. The van der Waals surface area contributed by atoms with E-state index < -0.39 is 14.9 Å². The zero-order valence-electron chi connectivity index (χ0n) is 15.5. The Morgan fingerprint density at radius 3 is 2.55 bits per heavy atom. The van der Waals surface area contributed by atoms with Gasteiger partial charge in [-0.2, -0.15) is 9.41 Å². The number of ether oxygens (including phenoxy) is 1. The third-order valence-corrected chi connectivity index (χ3v) is 6.14. The van der Waals surface area contributed by atoms with E-state index in [-0.39, 0.29) is 42.6 Å². The first kappa shape index (κ1) is 20.6. The summed E-state index contributed by atoms with van der Waals surface area (Å²) < 4.78 is 32.4. The molecule has 2 aromatic carbocycles. The molecule has 1 heterocycles. The molecular formula is C19H20N4O5S. The molecular weight excluding hydrogens is 396 g/mol. The quantitative estimate of drug-likeness (QED) is 0.422. The topological polar surface area (TPSA) is 114 Å². The summed E-state index contributed by atoms with van der Waals surface area (Å²) in [4.78, 5) is 10.3. The van der Waals surface area contributed by atoms with E-state index in [2.05, 4.69) is 10.5 Å². The van der Waals surface area contributed by atoms with Crippen molar-refractivity contribution >= 4 is 33.7 Å². The summed E-state index contributed by atoms with van der Waals surface area (Å²) in [5, 5.41) is 15.1. The molecule has 0 saturated carbocycles. The van der Waals surface area contributed by atoms with Crippen molar-refractivity contribution in [3.05, 3.63) is 70.3 Å². The maximum Gasteiger partial charge on any atom is 0.270 e. The molecule has 0 radical (unpaired) electrons. The number of nitro groups is 1. The van der Waals surface area contributed by atoms with Crippen molar-refractivity contribution in [2.24, 2.45) is 5.10 Å². The van der Waals surface area contributed by atoms with Gasteiger partial charge in [-0.15, -0.1) is 0 Å². The van der Waals surface area contributed by atoms with Crippen LogP contribution in [0, 0.1) is 10.1 Å². The Bertz CT molecular complexity index is 1020. The number of hydrazone groups is 1. The first-order valence-corrected chi connectivity index (χ1v) is 10.3. The van der Waals surface area contributed by atoms with Gasteiger partial charge in [0.2, 0.25) is 10.0 Å². The zero-order chi connectivity index (χ0) is 20.7. The number of benzene rings is 2. The van der Waals surface area contributed by atoms with Crippen molar-refractivity contribution in [3.8, 4) is 0 Å². The molecule has 29 heavy (non-hydrogen) atoms. The van der Waals surface area contributed by atoms with Crippen LogP contribution in [0.15, 0.2) is 64.6 Å². The van der Waals surface area contributed by atoms with E-state index in [4.69, 9.17) is 4.74 Å². The number of nitro benzene ring substituents is 1. The highest BCUT2D eigenvalue weighted by Crippen LogP contribution is 2.29.